The van der Waals surface area contributed by atoms with Crippen LogP contribution in [0.3, 0.4) is 0 Å². The van der Waals surface area contributed by atoms with Gasteiger partial charge in [-0.3, -0.25) is 0 Å². The number of hydrogen-bond acceptors (Lipinski definition) is 4. The minimum absolute atomic E-state index is 0.691. The molecule has 0 atom stereocenters. The maximum absolute atomic E-state index is 5.30. The zero-order chi connectivity index (χ0) is 39.6. The van der Waals surface area contributed by atoms with E-state index < -0.39 is 0 Å². The van der Waals surface area contributed by atoms with Gasteiger partial charge < -0.3 is 0 Å². The van der Waals surface area contributed by atoms with Crippen LogP contribution in [0.1, 0.15) is 0 Å². The first-order chi connectivity index (χ1) is 29.7. The monoisotopic (exact) mass is 762 g/mol. The average molecular weight is 763 g/mol. The van der Waals surface area contributed by atoms with Gasteiger partial charge in [0.05, 0.1) is 33.8 Å². The third-order valence-electron chi connectivity index (χ3n) is 11.8. The van der Waals surface area contributed by atoms with Gasteiger partial charge in [-0.25, -0.2) is 19.9 Å². The molecule has 3 heterocycles. The van der Waals surface area contributed by atoms with Crippen molar-refractivity contribution in [2.45, 2.75) is 0 Å². The first-order valence-electron chi connectivity index (χ1n) is 20.3. The Morgan fingerprint density at radius 1 is 0.250 bits per heavy atom. The van der Waals surface area contributed by atoms with Crippen molar-refractivity contribution in [1.29, 1.82) is 0 Å². The van der Waals surface area contributed by atoms with E-state index in [0.717, 1.165) is 72.4 Å². The van der Waals surface area contributed by atoms with Crippen LogP contribution in [0.25, 0.3) is 122 Å². The number of rotatable bonds is 6. The summed E-state index contributed by atoms with van der Waals surface area (Å²) in [6.45, 7) is 0. The van der Waals surface area contributed by atoms with Crippen LogP contribution in [0.15, 0.2) is 206 Å². The molecular formula is C56H34N4. The third kappa shape index (κ3) is 5.69. The second-order valence-corrected chi connectivity index (χ2v) is 15.4. The molecule has 0 spiro atoms. The van der Waals surface area contributed by atoms with Crippen molar-refractivity contribution in [2.24, 2.45) is 0 Å². The Bertz CT molecular complexity index is 3380. The summed E-state index contributed by atoms with van der Waals surface area (Å²) in [5.41, 5.74) is 18.1. The molecule has 1 aliphatic rings. The second kappa shape index (κ2) is 13.8. The van der Waals surface area contributed by atoms with Crippen LogP contribution < -0.4 is 0 Å². The summed E-state index contributed by atoms with van der Waals surface area (Å²) in [7, 11) is 0. The Balaban J connectivity index is 0.904. The summed E-state index contributed by atoms with van der Waals surface area (Å²) >= 11 is 0. The molecule has 1 aliphatic carbocycles. The quantitative estimate of drug-likeness (QED) is 0.158. The number of aromatic nitrogens is 4. The average Bonchev–Trinajstić information content (AvgIpc) is 3.66. The van der Waals surface area contributed by atoms with E-state index >= 15 is 0 Å². The molecule has 12 rings (SSSR count). The van der Waals surface area contributed by atoms with Crippen molar-refractivity contribution in [2.75, 3.05) is 0 Å². The first-order valence-corrected chi connectivity index (χ1v) is 20.3. The number of benzene rings is 8. The Morgan fingerprint density at radius 2 is 0.717 bits per heavy atom. The fourth-order valence-electron chi connectivity index (χ4n) is 8.88. The number of fused-ring (bicyclic) bond motifs is 6. The van der Waals surface area contributed by atoms with Crippen LogP contribution in [0, 0.1) is 0 Å². The molecule has 0 saturated carbocycles. The van der Waals surface area contributed by atoms with Crippen LogP contribution in [-0.2, 0) is 0 Å². The van der Waals surface area contributed by atoms with Gasteiger partial charge in [-0.2, -0.15) is 0 Å². The minimum Gasteiger partial charge on any atom is -0.245 e. The Kier molecular flexibility index (Phi) is 7.82. The molecule has 0 bridgehead atoms. The first kappa shape index (κ1) is 34.0. The fourth-order valence-corrected chi connectivity index (χ4v) is 8.88. The molecule has 0 amide bonds. The SMILES string of the molecule is c1ccc(-c2cc(-c3cccc(-c4ccc5ccc6ccc(-c7ccc(-c8ccc9c%10c(cccc8%10)-c8ccccc8-9)cc7)nc6c5n4)c3)nc(-c3ccccc3)n2)cc1. The lowest BCUT2D eigenvalue weighted by Crippen LogP contribution is -1.96. The highest BCUT2D eigenvalue weighted by molar-refractivity contribution is 6.18. The number of pyridine rings is 2. The van der Waals surface area contributed by atoms with E-state index in [2.05, 4.69) is 170 Å². The molecule has 0 radical (unpaired) electrons. The van der Waals surface area contributed by atoms with E-state index in [9.17, 15) is 0 Å². The van der Waals surface area contributed by atoms with Crippen molar-refractivity contribution in [1.82, 2.24) is 19.9 Å². The van der Waals surface area contributed by atoms with E-state index in [0.29, 0.717) is 5.82 Å². The van der Waals surface area contributed by atoms with E-state index in [4.69, 9.17) is 19.9 Å². The zero-order valence-corrected chi connectivity index (χ0v) is 32.4. The van der Waals surface area contributed by atoms with Gasteiger partial charge >= 0.3 is 0 Å². The van der Waals surface area contributed by atoms with Crippen LogP contribution in [-0.4, -0.2) is 19.9 Å². The van der Waals surface area contributed by atoms with Gasteiger partial charge in [0.1, 0.15) is 0 Å². The molecule has 0 unspecified atom stereocenters. The second-order valence-electron chi connectivity index (χ2n) is 15.4. The maximum Gasteiger partial charge on any atom is 0.160 e. The minimum atomic E-state index is 0.691. The van der Waals surface area contributed by atoms with Gasteiger partial charge in [0.15, 0.2) is 5.82 Å². The molecular weight excluding hydrogens is 729 g/mol. The molecule has 0 saturated heterocycles. The molecule has 4 nitrogen and oxygen atoms in total. The van der Waals surface area contributed by atoms with Gasteiger partial charge in [0.2, 0.25) is 0 Å². The smallest absolute Gasteiger partial charge is 0.160 e. The summed E-state index contributed by atoms with van der Waals surface area (Å²) in [5.74, 6) is 0.691. The van der Waals surface area contributed by atoms with Crippen molar-refractivity contribution < 1.29 is 0 Å². The normalized spacial score (nSPS) is 11.7. The Morgan fingerprint density at radius 3 is 1.40 bits per heavy atom. The van der Waals surface area contributed by atoms with Crippen molar-refractivity contribution in [3.63, 3.8) is 0 Å². The molecule has 11 aromatic rings. The summed E-state index contributed by atoms with van der Waals surface area (Å²) in [6, 6.07) is 72.6. The number of hydrogen-bond donors (Lipinski definition) is 0. The summed E-state index contributed by atoms with van der Waals surface area (Å²) in [4.78, 5) is 20.6. The van der Waals surface area contributed by atoms with E-state index in [-0.39, 0.29) is 0 Å². The fraction of sp³-hybridized carbons (Fsp3) is 0. The Hall–Kier alpha value is -8.08. The van der Waals surface area contributed by atoms with Gasteiger partial charge in [-0.1, -0.05) is 182 Å². The van der Waals surface area contributed by atoms with E-state index in [1.165, 1.54) is 44.2 Å². The molecule has 4 heteroatoms. The van der Waals surface area contributed by atoms with E-state index in [1.54, 1.807) is 0 Å². The van der Waals surface area contributed by atoms with Gasteiger partial charge in [-0.15, -0.1) is 0 Å². The highest BCUT2D eigenvalue weighted by atomic mass is 14.9. The molecule has 278 valence electrons. The summed E-state index contributed by atoms with van der Waals surface area (Å²) in [6.07, 6.45) is 0. The van der Waals surface area contributed by atoms with Crippen molar-refractivity contribution in [3.8, 4) is 89.8 Å². The molecule has 0 N–H and O–H groups in total. The highest BCUT2D eigenvalue weighted by Gasteiger charge is 2.22. The largest absolute Gasteiger partial charge is 0.245 e. The van der Waals surface area contributed by atoms with E-state index in [1.807, 2.05) is 36.4 Å². The molecule has 3 aromatic heterocycles. The summed E-state index contributed by atoms with van der Waals surface area (Å²) < 4.78 is 0. The lowest BCUT2D eigenvalue weighted by molar-refractivity contribution is 1.18. The predicted molar refractivity (Wildman–Crippen MR) is 247 cm³/mol. The maximum atomic E-state index is 5.30. The van der Waals surface area contributed by atoms with Crippen LogP contribution >= 0.6 is 0 Å². The lowest BCUT2D eigenvalue weighted by Gasteiger charge is -2.12. The van der Waals surface area contributed by atoms with Crippen LogP contribution in [0.4, 0.5) is 0 Å². The zero-order valence-electron chi connectivity index (χ0n) is 32.4. The topological polar surface area (TPSA) is 51.6 Å². The van der Waals surface area contributed by atoms with Gasteiger partial charge in [0, 0.05) is 38.6 Å². The summed E-state index contributed by atoms with van der Waals surface area (Å²) in [5, 5.41) is 4.72. The third-order valence-corrected chi connectivity index (χ3v) is 11.8. The van der Waals surface area contributed by atoms with Gasteiger partial charge in [0.25, 0.3) is 0 Å². The Labute approximate surface area is 347 Å². The molecule has 60 heavy (non-hydrogen) atoms. The lowest BCUT2D eigenvalue weighted by atomic mass is 9.93. The number of nitrogens with zero attached hydrogens (tertiary/aromatic N) is 4. The van der Waals surface area contributed by atoms with Crippen molar-refractivity contribution >= 4 is 32.6 Å². The van der Waals surface area contributed by atoms with Crippen LogP contribution in [0.2, 0.25) is 0 Å². The molecule has 8 aromatic carbocycles. The van der Waals surface area contributed by atoms with Crippen LogP contribution in [0.5, 0.6) is 0 Å². The van der Waals surface area contributed by atoms with Gasteiger partial charge in [-0.05, 0) is 68.4 Å². The molecule has 0 fully saturated rings. The predicted octanol–water partition coefficient (Wildman–Crippen LogP) is 14.4. The molecule has 0 aliphatic heterocycles. The van der Waals surface area contributed by atoms with Crippen molar-refractivity contribution in [3.05, 3.63) is 206 Å². The highest BCUT2D eigenvalue weighted by Crippen LogP contribution is 2.49. The standard InChI is InChI=1S/C56H34N4/c1-3-11-36(12-4-1)51-34-52(60-56(59-51)40-13-5-2-6-14-40)42-16-9-15-41(33-42)50-32-28-39-26-25-38-27-31-49(57-54(38)55(39)58-50)37-23-21-35(22-24-37)43-29-30-48-45-18-8-7-17-44(45)47-20-10-19-46(43)53(47)48/h1-34H.